The molecule has 2 nitrogen and oxygen atoms in total. The van der Waals surface area contributed by atoms with Gasteiger partial charge in [-0.1, -0.05) is 164 Å². The molecule has 0 fully saturated rings. The van der Waals surface area contributed by atoms with E-state index in [9.17, 15) is 0 Å². The zero-order valence-corrected chi connectivity index (χ0v) is 30.6. The highest BCUT2D eigenvalue weighted by molar-refractivity contribution is 6.19. The zero-order valence-electron chi connectivity index (χ0n) is 30.6. The molecule has 0 aliphatic carbocycles. The fraction of sp³-hybridized carbons (Fsp3) is 0. The van der Waals surface area contributed by atoms with E-state index in [0.29, 0.717) is 0 Å². The summed E-state index contributed by atoms with van der Waals surface area (Å²) in [5.41, 5.74) is 12.1. The Bertz CT molecular complexity index is 3250. The number of para-hydroxylation sites is 1. The molecule has 0 saturated carbocycles. The van der Waals surface area contributed by atoms with Crippen LogP contribution in [0.25, 0.3) is 87.6 Å². The van der Waals surface area contributed by atoms with Crippen LogP contribution >= 0.6 is 0 Å². The number of rotatable bonds is 6. The molecule has 0 radical (unpaired) electrons. The second-order valence-electron chi connectivity index (χ2n) is 14.5. The summed E-state index contributed by atoms with van der Waals surface area (Å²) < 4.78 is 6.61. The molecule has 56 heavy (non-hydrogen) atoms. The normalized spacial score (nSPS) is 11.6. The Hall–Kier alpha value is -7.42. The minimum atomic E-state index is 0.890. The lowest BCUT2D eigenvalue weighted by Crippen LogP contribution is -2.11. The van der Waals surface area contributed by atoms with E-state index in [1.165, 1.54) is 49.2 Å². The van der Waals surface area contributed by atoms with Crippen LogP contribution in [0.1, 0.15) is 0 Å². The van der Waals surface area contributed by atoms with E-state index in [4.69, 9.17) is 4.42 Å². The van der Waals surface area contributed by atoms with Crippen LogP contribution in [0.4, 0.5) is 17.1 Å². The number of furan rings is 1. The summed E-state index contributed by atoms with van der Waals surface area (Å²) in [6.07, 6.45) is 0. The molecule has 1 heterocycles. The first-order valence-electron chi connectivity index (χ1n) is 19.2. The quantitative estimate of drug-likeness (QED) is 0.160. The molecular formula is C54H35NO. The molecular weight excluding hydrogens is 679 g/mol. The number of hydrogen-bond acceptors (Lipinski definition) is 2. The molecule has 0 atom stereocenters. The zero-order chi connectivity index (χ0) is 37.0. The van der Waals surface area contributed by atoms with E-state index in [-0.39, 0.29) is 0 Å². The van der Waals surface area contributed by atoms with Gasteiger partial charge in [-0.05, 0) is 103 Å². The summed E-state index contributed by atoms with van der Waals surface area (Å²) in [4.78, 5) is 2.42. The number of fused-ring (bicyclic) bond motifs is 8. The van der Waals surface area contributed by atoms with Crippen LogP contribution in [0.3, 0.4) is 0 Å². The Kier molecular flexibility index (Phi) is 7.53. The maximum Gasteiger partial charge on any atom is 0.143 e. The largest absolute Gasteiger partial charge is 0.455 e. The molecule has 11 rings (SSSR count). The van der Waals surface area contributed by atoms with Gasteiger partial charge in [0.15, 0.2) is 0 Å². The van der Waals surface area contributed by atoms with Crippen LogP contribution in [0.15, 0.2) is 217 Å². The molecule has 11 aromatic rings. The third kappa shape index (κ3) is 5.26. The van der Waals surface area contributed by atoms with Gasteiger partial charge in [-0.25, -0.2) is 0 Å². The maximum absolute atomic E-state index is 6.61. The molecule has 0 spiro atoms. The molecule has 0 bridgehead atoms. The van der Waals surface area contributed by atoms with Gasteiger partial charge in [-0.3, -0.25) is 0 Å². The van der Waals surface area contributed by atoms with E-state index in [2.05, 4.69) is 217 Å². The van der Waals surface area contributed by atoms with E-state index in [1.54, 1.807) is 0 Å². The summed E-state index contributed by atoms with van der Waals surface area (Å²) in [5.74, 6) is 0. The smallest absolute Gasteiger partial charge is 0.143 e. The van der Waals surface area contributed by atoms with Crippen LogP contribution in [0, 0.1) is 0 Å². The summed E-state index contributed by atoms with van der Waals surface area (Å²) in [6.45, 7) is 0. The second kappa shape index (κ2) is 13.2. The van der Waals surface area contributed by atoms with Crippen LogP contribution < -0.4 is 4.90 Å². The monoisotopic (exact) mass is 713 g/mol. The van der Waals surface area contributed by atoms with Crippen LogP contribution in [0.5, 0.6) is 0 Å². The fourth-order valence-electron chi connectivity index (χ4n) is 8.64. The van der Waals surface area contributed by atoms with Crippen LogP contribution in [-0.4, -0.2) is 0 Å². The number of nitrogens with zero attached hydrogens (tertiary/aromatic N) is 1. The summed E-state index contributed by atoms with van der Waals surface area (Å²) in [7, 11) is 0. The van der Waals surface area contributed by atoms with Crippen molar-refractivity contribution in [2.24, 2.45) is 0 Å². The SMILES string of the molecule is c1ccc(-c2ccc(N(c3cccc(-c4cccc5oc6c7ccccc7ccc6c45)c3)c3ccccc3-c3cc4ccccc4c4ccccc34)cc2)cc1. The first-order valence-corrected chi connectivity index (χ1v) is 19.2. The molecule has 262 valence electrons. The average Bonchev–Trinajstić information content (AvgIpc) is 3.67. The Labute approximate surface area is 325 Å². The van der Waals surface area contributed by atoms with Crippen LogP contribution in [-0.2, 0) is 0 Å². The topological polar surface area (TPSA) is 16.4 Å². The van der Waals surface area contributed by atoms with Gasteiger partial charge < -0.3 is 9.32 Å². The van der Waals surface area contributed by atoms with Crippen molar-refractivity contribution in [3.63, 3.8) is 0 Å². The van der Waals surface area contributed by atoms with E-state index >= 15 is 0 Å². The Balaban J connectivity index is 1.13. The first-order chi connectivity index (χ1) is 27.8. The van der Waals surface area contributed by atoms with Crippen molar-refractivity contribution in [3.05, 3.63) is 212 Å². The van der Waals surface area contributed by atoms with Gasteiger partial charge in [0.25, 0.3) is 0 Å². The molecule has 0 N–H and O–H groups in total. The van der Waals surface area contributed by atoms with Crippen molar-refractivity contribution in [2.45, 2.75) is 0 Å². The summed E-state index contributed by atoms with van der Waals surface area (Å²) in [5, 5.41) is 9.54. The summed E-state index contributed by atoms with van der Waals surface area (Å²) >= 11 is 0. The van der Waals surface area contributed by atoms with Crippen LogP contribution in [0.2, 0.25) is 0 Å². The standard InChI is InChI=1S/C54H35NO/c1-2-14-36(15-3-1)37-28-31-41(32-29-37)55(51-26-11-10-24-48(51)50-35-40-17-5-6-20-43(40)46-22-8-9-23-47(46)50)42-19-12-18-39(34-42)44-25-13-27-52-53(44)49-33-30-38-16-4-7-21-45(38)54(49)56-52/h1-35H. The third-order valence-corrected chi connectivity index (χ3v) is 11.2. The number of hydrogen-bond donors (Lipinski definition) is 0. The van der Waals surface area contributed by atoms with Crippen molar-refractivity contribution in [1.29, 1.82) is 0 Å². The lowest BCUT2D eigenvalue weighted by Gasteiger charge is -2.29. The number of anilines is 3. The van der Waals surface area contributed by atoms with Crippen molar-refractivity contribution < 1.29 is 4.42 Å². The summed E-state index contributed by atoms with van der Waals surface area (Å²) in [6, 6.07) is 76.5. The van der Waals surface area contributed by atoms with Gasteiger partial charge >= 0.3 is 0 Å². The van der Waals surface area contributed by atoms with Gasteiger partial charge in [0.1, 0.15) is 11.2 Å². The van der Waals surface area contributed by atoms with E-state index in [0.717, 1.165) is 55.5 Å². The predicted molar refractivity (Wildman–Crippen MR) is 237 cm³/mol. The molecule has 0 saturated heterocycles. The molecule has 0 aliphatic heterocycles. The Morgan fingerprint density at radius 3 is 1.82 bits per heavy atom. The molecule has 2 heteroatoms. The van der Waals surface area contributed by atoms with Crippen molar-refractivity contribution in [3.8, 4) is 33.4 Å². The Morgan fingerprint density at radius 1 is 0.321 bits per heavy atom. The second-order valence-corrected chi connectivity index (χ2v) is 14.5. The van der Waals surface area contributed by atoms with Gasteiger partial charge in [-0.2, -0.15) is 0 Å². The average molecular weight is 714 g/mol. The van der Waals surface area contributed by atoms with Gasteiger partial charge in [-0.15, -0.1) is 0 Å². The molecule has 0 unspecified atom stereocenters. The highest BCUT2D eigenvalue weighted by atomic mass is 16.3. The third-order valence-electron chi connectivity index (χ3n) is 11.2. The van der Waals surface area contributed by atoms with E-state index in [1.807, 2.05) is 0 Å². The van der Waals surface area contributed by atoms with Crippen molar-refractivity contribution >= 4 is 71.3 Å². The van der Waals surface area contributed by atoms with Gasteiger partial charge in [0.05, 0.1) is 5.69 Å². The molecule has 0 amide bonds. The molecule has 10 aromatic carbocycles. The predicted octanol–water partition coefficient (Wildman–Crippen LogP) is 15.5. The highest BCUT2D eigenvalue weighted by Gasteiger charge is 2.21. The minimum Gasteiger partial charge on any atom is -0.455 e. The van der Waals surface area contributed by atoms with Crippen molar-refractivity contribution in [2.75, 3.05) is 4.90 Å². The number of benzene rings is 10. The highest BCUT2D eigenvalue weighted by Crippen LogP contribution is 2.46. The first kappa shape index (κ1) is 32.0. The Morgan fingerprint density at radius 2 is 0.964 bits per heavy atom. The fourth-order valence-corrected chi connectivity index (χ4v) is 8.64. The molecule has 0 aliphatic rings. The lowest BCUT2D eigenvalue weighted by atomic mass is 9.92. The van der Waals surface area contributed by atoms with Gasteiger partial charge in [0.2, 0.25) is 0 Å². The maximum atomic E-state index is 6.61. The van der Waals surface area contributed by atoms with E-state index < -0.39 is 0 Å². The molecule has 1 aromatic heterocycles. The van der Waals surface area contributed by atoms with Gasteiger partial charge in [0, 0.05) is 33.1 Å². The minimum absolute atomic E-state index is 0.890. The lowest BCUT2D eigenvalue weighted by molar-refractivity contribution is 0.673. The van der Waals surface area contributed by atoms with Crippen molar-refractivity contribution in [1.82, 2.24) is 0 Å².